The maximum absolute atomic E-state index is 6.04. The zero-order chi connectivity index (χ0) is 23.3. The van der Waals surface area contributed by atoms with Crippen LogP contribution in [0, 0.1) is 5.92 Å². The second kappa shape index (κ2) is 11.2. The Bertz CT molecular complexity index is 676. The topological polar surface area (TPSA) is 53.1 Å². The maximum atomic E-state index is 6.04. The molecule has 0 radical (unpaired) electrons. The molecule has 0 spiro atoms. The Morgan fingerprint density at radius 1 is 1.03 bits per heavy atom. The minimum atomic E-state index is 0.116. The number of hydrogen-bond donors (Lipinski definition) is 0. The predicted molar refractivity (Wildman–Crippen MR) is 127 cm³/mol. The molecule has 3 rings (SSSR count). The van der Waals surface area contributed by atoms with Crippen molar-refractivity contribution in [2.45, 2.75) is 110 Å². The van der Waals surface area contributed by atoms with E-state index in [0.29, 0.717) is 24.0 Å². The summed E-state index contributed by atoms with van der Waals surface area (Å²) in [7, 11) is 0. The largest absolute Gasteiger partial charge is 0.489 e. The molecule has 6 nitrogen and oxygen atoms in total. The Morgan fingerprint density at radius 3 is 2.34 bits per heavy atom. The standard InChI is InChI=1S/C26H44N2O4/c1-18(2)30-22-13-23(14-22)32-21-8-9-25(27-15-21)31-20(4)12-19(3)10-11-29-24-16-28(17-24)26(5,6)7/h8-9,15,18-20,22-24H,10-14,16-17H2,1-7H3. The molecule has 32 heavy (non-hydrogen) atoms. The average Bonchev–Trinajstić information content (AvgIpc) is 2.61. The van der Waals surface area contributed by atoms with E-state index < -0.39 is 0 Å². The molecule has 2 heterocycles. The molecule has 1 aliphatic carbocycles. The summed E-state index contributed by atoms with van der Waals surface area (Å²) in [5.74, 6) is 2.00. The smallest absolute Gasteiger partial charge is 0.213 e. The van der Waals surface area contributed by atoms with E-state index in [2.05, 4.69) is 58.4 Å². The fourth-order valence-electron chi connectivity index (χ4n) is 4.27. The summed E-state index contributed by atoms with van der Waals surface area (Å²) in [6.07, 6.45) is 7.05. The summed E-state index contributed by atoms with van der Waals surface area (Å²) >= 11 is 0. The first-order valence-corrected chi connectivity index (χ1v) is 12.4. The van der Waals surface area contributed by atoms with Gasteiger partial charge in [-0.1, -0.05) is 6.92 Å². The Balaban J connectivity index is 1.27. The molecule has 1 saturated carbocycles. The molecule has 182 valence electrons. The summed E-state index contributed by atoms with van der Waals surface area (Å²) < 4.78 is 23.8. The van der Waals surface area contributed by atoms with Crippen LogP contribution in [-0.2, 0) is 9.47 Å². The molecule has 6 heteroatoms. The van der Waals surface area contributed by atoms with Crippen molar-refractivity contribution in [3.8, 4) is 11.6 Å². The van der Waals surface area contributed by atoms with Crippen molar-refractivity contribution >= 4 is 0 Å². The molecule has 2 atom stereocenters. The third kappa shape index (κ3) is 7.89. The number of nitrogens with zero attached hydrogens (tertiary/aromatic N) is 2. The first-order chi connectivity index (χ1) is 15.1. The summed E-state index contributed by atoms with van der Waals surface area (Å²) in [6, 6.07) is 3.85. The van der Waals surface area contributed by atoms with Crippen LogP contribution >= 0.6 is 0 Å². The first kappa shape index (κ1) is 25.3. The number of rotatable bonds is 12. The Kier molecular flexibility index (Phi) is 8.82. The van der Waals surface area contributed by atoms with Crippen LogP contribution in [0.5, 0.6) is 11.6 Å². The lowest BCUT2D eigenvalue weighted by Gasteiger charge is -2.47. The molecule has 2 unspecified atom stereocenters. The number of aromatic nitrogens is 1. The van der Waals surface area contributed by atoms with E-state index in [1.165, 1.54) is 0 Å². The quantitative estimate of drug-likeness (QED) is 0.443. The Labute approximate surface area is 195 Å². The van der Waals surface area contributed by atoms with Gasteiger partial charge in [0, 0.05) is 44.1 Å². The molecule has 0 bridgehead atoms. The molecule has 0 amide bonds. The van der Waals surface area contributed by atoms with Crippen molar-refractivity contribution in [2.24, 2.45) is 5.92 Å². The highest BCUT2D eigenvalue weighted by molar-refractivity contribution is 5.23. The van der Waals surface area contributed by atoms with Crippen LogP contribution in [0.25, 0.3) is 0 Å². The van der Waals surface area contributed by atoms with Crippen LogP contribution in [0.3, 0.4) is 0 Å². The average molecular weight is 449 g/mol. The fraction of sp³-hybridized carbons (Fsp3) is 0.808. The van der Waals surface area contributed by atoms with Crippen LogP contribution in [0.2, 0.25) is 0 Å². The van der Waals surface area contributed by atoms with E-state index in [9.17, 15) is 0 Å². The summed E-state index contributed by atoms with van der Waals surface area (Å²) in [4.78, 5) is 6.89. The SMILES string of the molecule is CC(CCOC1CN(C(C)(C)C)C1)CC(C)Oc1ccc(OC2CC(OC(C)C)C2)cn1. The number of hydrogen-bond acceptors (Lipinski definition) is 6. The van der Waals surface area contributed by atoms with Crippen molar-refractivity contribution in [1.82, 2.24) is 9.88 Å². The lowest BCUT2D eigenvalue weighted by atomic mass is 9.92. The minimum absolute atomic E-state index is 0.116. The molecule has 0 N–H and O–H groups in total. The Hall–Kier alpha value is -1.37. The zero-order valence-corrected chi connectivity index (χ0v) is 21.2. The van der Waals surface area contributed by atoms with E-state index >= 15 is 0 Å². The van der Waals surface area contributed by atoms with Gasteiger partial charge in [-0.2, -0.15) is 0 Å². The highest BCUT2D eigenvalue weighted by Crippen LogP contribution is 2.29. The Morgan fingerprint density at radius 2 is 1.75 bits per heavy atom. The normalized spacial score (nSPS) is 24.0. The number of pyridine rings is 1. The van der Waals surface area contributed by atoms with Gasteiger partial charge in [-0.05, 0) is 66.4 Å². The minimum Gasteiger partial charge on any atom is -0.489 e. The second-order valence-corrected chi connectivity index (χ2v) is 11.0. The van der Waals surface area contributed by atoms with E-state index in [0.717, 1.165) is 51.1 Å². The molecule has 1 aliphatic heterocycles. The number of likely N-dealkylation sites (tertiary alicyclic amines) is 1. The highest BCUT2D eigenvalue weighted by atomic mass is 16.5. The van der Waals surface area contributed by atoms with E-state index in [1.807, 2.05) is 12.1 Å². The summed E-state index contributed by atoms with van der Waals surface area (Å²) in [5, 5.41) is 0. The van der Waals surface area contributed by atoms with E-state index in [-0.39, 0.29) is 23.9 Å². The van der Waals surface area contributed by atoms with Crippen LogP contribution < -0.4 is 9.47 Å². The summed E-state index contributed by atoms with van der Waals surface area (Å²) in [6.45, 7) is 18.2. The van der Waals surface area contributed by atoms with Gasteiger partial charge in [0.1, 0.15) is 11.9 Å². The van der Waals surface area contributed by atoms with Gasteiger partial charge in [-0.25, -0.2) is 4.98 Å². The van der Waals surface area contributed by atoms with Gasteiger partial charge in [0.2, 0.25) is 5.88 Å². The summed E-state index contributed by atoms with van der Waals surface area (Å²) in [5.41, 5.74) is 0.251. The highest BCUT2D eigenvalue weighted by Gasteiger charge is 2.35. The van der Waals surface area contributed by atoms with Crippen LogP contribution in [0.15, 0.2) is 18.3 Å². The fourth-order valence-corrected chi connectivity index (χ4v) is 4.27. The zero-order valence-electron chi connectivity index (χ0n) is 21.2. The van der Waals surface area contributed by atoms with Gasteiger partial charge in [-0.3, -0.25) is 4.90 Å². The van der Waals surface area contributed by atoms with Gasteiger partial charge >= 0.3 is 0 Å². The van der Waals surface area contributed by atoms with E-state index in [4.69, 9.17) is 18.9 Å². The molecule has 1 aromatic rings. The molecule has 1 saturated heterocycles. The van der Waals surface area contributed by atoms with Crippen molar-refractivity contribution < 1.29 is 18.9 Å². The molecule has 0 aromatic carbocycles. The van der Waals surface area contributed by atoms with Crippen molar-refractivity contribution in [1.29, 1.82) is 0 Å². The molecule has 2 fully saturated rings. The first-order valence-electron chi connectivity index (χ1n) is 12.4. The van der Waals surface area contributed by atoms with Crippen LogP contribution in [0.1, 0.15) is 74.1 Å². The lowest BCUT2D eigenvalue weighted by molar-refractivity contribution is -0.0910. The van der Waals surface area contributed by atoms with Gasteiger partial charge in [-0.15, -0.1) is 0 Å². The van der Waals surface area contributed by atoms with Gasteiger partial charge in [0.25, 0.3) is 0 Å². The second-order valence-electron chi connectivity index (χ2n) is 11.0. The lowest BCUT2D eigenvalue weighted by Crippen LogP contribution is -2.59. The molecule has 1 aromatic heterocycles. The maximum Gasteiger partial charge on any atom is 0.213 e. The van der Waals surface area contributed by atoms with Crippen molar-refractivity contribution in [3.63, 3.8) is 0 Å². The van der Waals surface area contributed by atoms with Crippen molar-refractivity contribution in [2.75, 3.05) is 19.7 Å². The van der Waals surface area contributed by atoms with E-state index in [1.54, 1.807) is 6.20 Å². The van der Waals surface area contributed by atoms with Gasteiger partial charge < -0.3 is 18.9 Å². The monoisotopic (exact) mass is 448 g/mol. The van der Waals surface area contributed by atoms with Gasteiger partial charge in [0.15, 0.2) is 0 Å². The molecule has 2 aliphatic rings. The van der Waals surface area contributed by atoms with Gasteiger partial charge in [0.05, 0.1) is 30.6 Å². The van der Waals surface area contributed by atoms with Crippen molar-refractivity contribution in [3.05, 3.63) is 18.3 Å². The predicted octanol–water partition coefficient (Wildman–Crippen LogP) is 5.10. The molecular weight excluding hydrogens is 404 g/mol. The third-order valence-electron chi connectivity index (χ3n) is 6.35. The third-order valence-corrected chi connectivity index (χ3v) is 6.35. The number of ether oxygens (including phenoxy) is 4. The molecular formula is C26H44N2O4. The van der Waals surface area contributed by atoms with Crippen LogP contribution in [0.4, 0.5) is 0 Å². The van der Waals surface area contributed by atoms with Crippen LogP contribution in [-0.4, -0.2) is 65.6 Å².